The van der Waals surface area contributed by atoms with Gasteiger partial charge in [-0.15, -0.1) is 0 Å². The summed E-state index contributed by atoms with van der Waals surface area (Å²) in [6.45, 7) is 0. The average molecular weight is 472 g/mol. The Morgan fingerprint density at radius 1 is 1.00 bits per heavy atom. The molecule has 0 amide bonds. The number of rotatable bonds is 0. The molecule has 0 rings (SSSR count). The summed E-state index contributed by atoms with van der Waals surface area (Å²) in [6.07, 6.45) is 0. The molecule has 0 heterocycles. The maximum atomic E-state index is 0. The van der Waals surface area contributed by atoms with E-state index in [-0.39, 0.29) is 108 Å². The standard InChI is InChI=1S/Bi.Cr.Fe.Mn.H4Si.Zn.3H/h;;;;1H4;;;;. The van der Waals surface area contributed by atoms with E-state index in [0.717, 1.165) is 0 Å². The van der Waals surface area contributed by atoms with Gasteiger partial charge in [0, 0.05) is 71.0 Å². The molecule has 0 aromatic rings. The zero-order valence-corrected chi connectivity index (χ0v) is 14.6. The van der Waals surface area contributed by atoms with Gasteiger partial charge in [-0.2, -0.15) is 0 Å². The third kappa shape index (κ3) is 26.6. The van der Waals surface area contributed by atoms with Crippen LogP contribution in [0.2, 0.25) is 0 Å². The monoisotopic (exact) mass is 471 g/mol. The second-order valence-corrected chi connectivity index (χ2v) is 0. The number of hydrogen-bond donors (Lipinski definition) is 0. The summed E-state index contributed by atoms with van der Waals surface area (Å²) in [5.74, 6) is 0. The molecule has 0 aliphatic carbocycles. The summed E-state index contributed by atoms with van der Waals surface area (Å²) in [5, 5.41) is 0. The predicted molar refractivity (Wildman–Crippen MR) is 21.3 cm³/mol. The van der Waals surface area contributed by atoms with Crippen molar-refractivity contribution in [1.82, 2.24) is 0 Å². The third-order valence-electron chi connectivity index (χ3n) is 0. The van der Waals surface area contributed by atoms with Crippen molar-refractivity contribution in [3.63, 3.8) is 0 Å². The van der Waals surface area contributed by atoms with E-state index in [1.165, 1.54) is 0 Å². The van der Waals surface area contributed by atoms with Gasteiger partial charge in [0.25, 0.3) is 0 Å². The second-order valence-electron chi connectivity index (χ2n) is 0. The molecule has 0 N–H and O–H groups in total. The summed E-state index contributed by atoms with van der Waals surface area (Å²) in [7, 11) is 0. The molecule has 0 saturated carbocycles. The van der Waals surface area contributed by atoms with Gasteiger partial charge in [-0.25, -0.2) is 0 Å². The average Bonchev–Trinajstić information content (AvgIpc) is 0. The molecule has 0 atom stereocenters. The third-order valence-corrected chi connectivity index (χ3v) is 0. The minimum Gasteiger partial charge on any atom is -0.0149 e. The van der Waals surface area contributed by atoms with Crippen LogP contribution in [0.4, 0.5) is 0 Å². The molecule has 39 valence electrons. The molecule has 0 nitrogen and oxygen atoms in total. The Balaban J connectivity index is 0. The molecular formula is H7BiCrFeMnSiZn. The van der Waals surface area contributed by atoms with E-state index in [1.807, 2.05) is 0 Å². The van der Waals surface area contributed by atoms with Crippen molar-refractivity contribution in [2.24, 2.45) is 0 Å². The van der Waals surface area contributed by atoms with Crippen LogP contribution >= 0.6 is 0 Å². The summed E-state index contributed by atoms with van der Waals surface area (Å²) in [5.41, 5.74) is 0. The first-order valence-corrected chi connectivity index (χ1v) is 0. The van der Waals surface area contributed by atoms with Crippen molar-refractivity contribution in [2.75, 3.05) is 0 Å². The predicted octanol–water partition coefficient (Wildman–Crippen LogP) is -2.65. The van der Waals surface area contributed by atoms with E-state index in [4.69, 9.17) is 0 Å². The minimum absolute atomic E-state index is 0. The van der Waals surface area contributed by atoms with Crippen molar-refractivity contribution in [1.29, 1.82) is 0 Å². The fourth-order valence-electron chi connectivity index (χ4n) is 0. The molecule has 0 fully saturated rings. The van der Waals surface area contributed by atoms with Crippen LogP contribution in [0, 0.1) is 0 Å². The van der Waals surface area contributed by atoms with Gasteiger partial charge < -0.3 is 0 Å². The van der Waals surface area contributed by atoms with Crippen LogP contribution in [-0.4, -0.2) is 37.2 Å². The maximum Gasteiger partial charge on any atom is 0 e. The van der Waals surface area contributed by atoms with Crippen LogP contribution in [0.5, 0.6) is 0 Å². The van der Waals surface area contributed by atoms with E-state index >= 15 is 0 Å². The fraction of sp³-hybridized carbons (Fsp3) is 0. The topological polar surface area (TPSA) is 0 Å². The van der Waals surface area contributed by atoms with E-state index in [1.54, 1.807) is 0 Å². The van der Waals surface area contributed by atoms with Gasteiger partial charge in [-0.05, 0) is 11.0 Å². The molecule has 0 aromatic heterocycles. The second kappa shape index (κ2) is 40.7. The Labute approximate surface area is 106 Å². The van der Waals surface area contributed by atoms with Crippen molar-refractivity contribution >= 4 is 37.2 Å². The number of hydrogen-bond acceptors (Lipinski definition) is 0. The van der Waals surface area contributed by atoms with Crippen molar-refractivity contribution in [2.45, 2.75) is 0 Å². The van der Waals surface area contributed by atoms with Gasteiger partial charge >= 0.3 is 26.2 Å². The van der Waals surface area contributed by atoms with Crippen LogP contribution in [0.3, 0.4) is 0 Å². The van der Waals surface area contributed by atoms with Gasteiger partial charge in [0.2, 0.25) is 0 Å². The largest absolute Gasteiger partial charge is 0.0149 e. The molecule has 0 aliphatic rings. The van der Waals surface area contributed by atoms with Gasteiger partial charge in [0.1, 0.15) is 0 Å². The quantitative estimate of drug-likeness (QED) is 0.339. The van der Waals surface area contributed by atoms with Gasteiger partial charge in [-0.3, -0.25) is 0 Å². The normalized spacial score (nSPS) is 0. The Morgan fingerprint density at radius 3 is 1.00 bits per heavy atom. The molecule has 6 heavy (non-hydrogen) atoms. The smallest absolute Gasteiger partial charge is 0 e. The molecule has 0 bridgehead atoms. The van der Waals surface area contributed by atoms with Crippen LogP contribution in [0.25, 0.3) is 0 Å². The Hall–Kier alpha value is 3.29. The Bertz CT molecular complexity index is 15.5. The minimum atomic E-state index is 0. The van der Waals surface area contributed by atoms with Crippen LogP contribution in [0.15, 0.2) is 0 Å². The molecule has 0 aromatic carbocycles. The van der Waals surface area contributed by atoms with Gasteiger partial charge in [-0.1, -0.05) is 0 Å². The van der Waals surface area contributed by atoms with E-state index in [9.17, 15) is 0 Å². The Morgan fingerprint density at radius 2 is 1.00 bits per heavy atom. The molecule has 0 spiro atoms. The SMILES string of the molecule is [BiH3].[Cr].[Fe].[Mn].[SiH4].[Zn]. The van der Waals surface area contributed by atoms with Crippen molar-refractivity contribution < 1.29 is 71.0 Å². The Kier molecular flexibility index (Phi) is 399. The van der Waals surface area contributed by atoms with Crippen molar-refractivity contribution in [3.05, 3.63) is 0 Å². The van der Waals surface area contributed by atoms with Crippen molar-refractivity contribution in [3.8, 4) is 0 Å². The summed E-state index contributed by atoms with van der Waals surface area (Å²) < 4.78 is 0. The van der Waals surface area contributed by atoms with Gasteiger partial charge in [0.15, 0.2) is 0 Å². The first kappa shape index (κ1) is 58.9. The van der Waals surface area contributed by atoms with Crippen LogP contribution < -0.4 is 0 Å². The first-order valence-electron chi connectivity index (χ1n) is 0. The van der Waals surface area contributed by atoms with Crippen LogP contribution in [-0.2, 0) is 71.0 Å². The maximum absolute atomic E-state index is 0. The molecule has 0 saturated heterocycles. The molecule has 0 unspecified atom stereocenters. The fourth-order valence-corrected chi connectivity index (χ4v) is 0. The zero-order chi connectivity index (χ0) is 0. The molecular weight excluding hydrogens is 465 g/mol. The summed E-state index contributed by atoms with van der Waals surface area (Å²) in [4.78, 5) is 0. The van der Waals surface area contributed by atoms with E-state index in [0.29, 0.717) is 0 Å². The molecule has 0 aliphatic heterocycles. The van der Waals surface area contributed by atoms with E-state index in [2.05, 4.69) is 0 Å². The first-order chi connectivity index (χ1) is 0. The van der Waals surface area contributed by atoms with Gasteiger partial charge in [0.05, 0.1) is 0 Å². The summed E-state index contributed by atoms with van der Waals surface area (Å²) in [6, 6.07) is 0. The zero-order valence-electron chi connectivity index (χ0n) is 2.55. The molecule has 6 heteroatoms. The van der Waals surface area contributed by atoms with E-state index < -0.39 is 0 Å². The summed E-state index contributed by atoms with van der Waals surface area (Å²) >= 11 is 0. The van der Waals surface area contributed by atoms with Crippen LogP contribution in [0.1, 0.15) is 0 Å². The molecule has 1 radical (unpaired) electrons.